The highest BCUT2D eigenvalue weighted by atomic mass is 35.5. The Labute approximate surface area is 153 Å². The number of hydrogen-bond acceptors (Lipinski definition) is 3. The fourth-order valence-electron chi connectivity index (χ4n) is 4.07. The molecule has 1 aromatic rings. The molecule has 2 fully saturated rings. The molecule has 0 bridgehead atoms. The molecule has 6 heteroatoms. The first kappa shape index (κ1) is 18.2. The van der Waals surface area contributed by atoms with E-state index < -0.39 is 0 Å². The van der Waals surface area contributed by atoms with Gasteiger partial charge in [-0.25, -0.2) is 0 Å². The van der Waals surface area contributed by atoms with Gasteiger partial charge in [0.15, 0.2) is 0 Å². The molecule has 136 valence electrons. The molecule has 0 aromatic heterocycles. The lowest BCUT2D eigenvalue weighted by Crippen LogP contribution is -2.55. The van der Waals surface area contributed by atoms with Crippen LogP contribution in [0.4, 0.5) is 0 Å². The van der Waals surface area contributed by atoms with E-state index in [1.165, 1.54) is 0 Å². The van der Waals surface area contributed by atoms with Crippen molar-refractivity contribution in [2.75, 3.05) is 32.8 Å². The average Bonchev–Trinajstić information content (AvgIpc) is 2.61. The minimum atomic E-state index is -0.0169. The van der Waals surface area contributed by atoms with E-state index in [0.29, 0.717) is 37.5 Å². The SMILES string of the molecule is O=C1CC[C@@]2(CCCN(C(=O)Cc3ccc(Cl)cc3)C2)CN1CCO. The molecule has 3 rings (SSSR count). The summed E-state index contributed by atoms with van der Waals surface area (Å²) in [6, 6.07) is 7.40. The van der Waals surface area contributed by atoms with Crippen LogP contribution in [0, 0.1) is 5.41 Å². The van der Waals surface area contributed by atoms with Gasteiger partial charge in [-0.1, -0.05) is 23.7 Å². The number of amides is 2. The van der Waals surface area contributed by atoms with Crippen molar-refractivity contribution in [1.29, 1.82) is 0 Å². The number of benzene rings is 1. The molecule has 0 saturated carbocycles. The molecule has 1 aromatic carbocycles. The highest BCUT2D eigenvalue weighted by molar-refractivity contribution is 6.30. The summed E-state index contributed by atoms with van der Waals surface area (Å²) in [5.41, 5.74) is 0.950. The molecule has 1 atom stereocenters. The predicted molar refractivity (Wildman–Crippen MR) is 96.3 cm³/mol. The van der Waals surface area contributed by atoms with E-state index in [2.05, 4.69) is 0 Å². The molecule has 1 N–H and O–H groups in total. The van der Waals surface area contributed by atoms with Crippen LogP contribution in [0.1, 0.15) is 31.2 Å². The average molecular weight is 365 g/mol. The van der Waals surface area contributed by atoms with Crippen LogP contribution in [-0.2, 0) is 16.0 Å². The molecule has 0 unspecified atom stereocenters. The summed E-state index contributed by atoms with van der Waals surface area (Å²) in [6.45, 7) is 2.51. The smallest absolute Gasteiger partial charge is 0.227 e. The van der Waals surface area contributed by atoms with Gasteiger partial charge in [0, 0.05) is 43.0 Å². The highest BCUT2D eigenvalue weighted by Crippen LogP contribution is 2.39. The third-order valence-corrected chi connectivity index (χ3v) is 5.65. The molecule has 1 spiro atoms. The standard InChI is InChI=1S/C19H25ClN2O3/c20-16-4-2-15(3-5-16)12-18(25)21-9-1-7-19(13-21)8-6-17(24)22(14-19)10-11-23/h2-5,23H,1,6-14H2/t19-/m1/s1. The summed E-state index contributed by atoms with van der Waals surface area (Å²) in [6.07, 6.45) is 3.73. The Kier molecular flexibility index (Phi) is 5.64. The Morgan fingerprint density at radius 2 is 1.96 bits per heavy atom. The van der Waals surface area contributed by atoms with E-state index >= 15 is 0 Å². The number of piperidine rings is 2. The second-order valence-electron chi connectivity index (χ2n) is 7.26. The topological polar surface area (TPSA) is 60.9 Å². The van der Waals surface area contributed by atoms with E-state index in [1.807, 2.05) is 17.0 Å². The summed E-state index contributed by atoms with van der Waals surface area (Å²) in [4.78, 5) is 28.5. The van der Waals surface area contributed by atoms with E-state index in [9.17, 15) is 14.7 Å². The number of nitrogens with zero attached hydrogens (tertiary/aromatic N) is 2. The van der Waals surface area contributed by atoms with Crippen LogP contribution in [0.5, 0.6) is 0 Å². The van der Waals surface area contributed by atoms with Gasteiger partial charge >= 0.3 is 0 Å². The molecule has 5 nitrogen and oxygen atoms in total. The second kappa shape index (κ2) is 7.75. The minimum absolute atomic E-state index is 0.0129. The van der Waals surface area contributed by atoms with Crippen LogP contribution in [0.3, 0.4) is 0 Å². The Morgan fingerprint density at radius 3 is 2.68 bits per heavy atom. The molecule has 2 aliphatic rings. The van der Waals surface area contributed by atoms with Gasteiger partial charge in [-0.3, -0.25) is 9.59 Å². The van der Waals surface area contributed by atoms with Crippen LogP contribution < -0.4 is 0 Å². The van der Waals surface area contributed by atoms with Crippen LogP contribution in [0.15, 0.2) is 24.3 Å². The molecule has 2 amide bonds. The Hall–Kier alpha value is -1.59. The number of likely N-dealkylation sites (tertiary alicyclic amines) is 2. The molecule has 2 aliphatic heterocycles. The monoisotopic (exact) mass is 364 g/mol. The van der Waals surface area contributed by atoms with E-state index in [4.69, 9.17) is 11.6 Å². The van der Waals surface area contributed by atoms with E-state index in [-0.39, 0.29) is 23.8 Å². The highest BCUT2D eigenvalue weighted by Gasteiger charge is 2.42. The van der Waals surface area contributed by atoms with Gasteiger partial charge in [-0.2, -0.15) is 0 Å². The normalized spacial score (nSPS) is 24.0. The van der Waals surface area contributed by atoms with Crippen molar-refractivity contribution in [3.8, 4) is 0 Å². The van der Waals surface area contributed by atoms with Gasteiger partial charge in [0.1, 0.15) is 0 Å². The Morgan fingerprint density at radius 1 is 1.20 bits per heavy atom. The molecule has 2 heterocycles. The van der Waals surface area contributed by atoms with Gasteiger partial charge in [-0.15, -0.1) is 0 Å². The quantitative estimate of drug-likeness (QED) is 0.890. The maximum Gasteiger partial charge on any atom is 0.227 e. The zero-order valence-corrected chi connectivity index (χ0v) is 15.2. The van der Waals surface area contributed by atoms with Crippen molar-refractivity contribution < 1.29 is 14.7 Å². The third-order valence-electron chi connectivity index (χ3n) is 5.40. The lowest BCUT2D eigenvalue weighted by molar-refractivity contribution is -0.143. The van der Waals surface area contributed by atoms with Gasteiger partial charge < -0.3 is 14.9 Å². The molecule has 0 radical (unpaired) electrons. The fraction of sp³-hybridized carbons (Fsp3) is 0.579. The zero-order chi connectivity index (χ0) is 17.9. The second-order valence-corrected chi connectivity index (χ2v) is 7.70. The maximum absolute atomic E-state index is 12.7. The number of β-amino-alcohol motifs (C(OH)–C–C–N with tert-alkyl or cyclic N) is 1. The van der Waals surface area contributed by atoms with Gasteiger partial charge in [-0.05, 0) is 37.0 Å². The lowest BCUT2D eigenvalue weighted by Gasteiger charge is -2.48. The maximum atomic E-state index is 12.7. The van der Waals surface area contributed by atoms with Gasteiger partial charge in [0.25, 0.3) is 0 Å². The minimum Gasteiger partial charge on any atom is -0.395 e. The number of carbonyl (C=O) groups excluding carboxylic acids is 2. The number of carbonyl (C=O) groups is 2. The van der Waals surface area contributed by atoms with Crippen molar-refractivity contribution in [1.82, 2.24) is 9.80 Å². The predicted octanol–water partition coefficient (Wildman–Crippen LogP) is 2.11. The van der Waals surface area contributed by atoms with Crippen LogP contribution >= 0.6 is 11.6 Å². The van der Waals surface area contributed by atoms with Crippen LogP contribution in [0.2, 0.25) is 5.02 Å². The number of aliphatic hydroxyl groups excluding tert-OH is 1. The van der Waals surface area contributed by atoms with Crippen molar-refractivity contribution in [2.24, 2.45) is 5.41 Å². The van der Waals surface area contributed by atoms with Crippen molar-refractivity contribution >= 4 is 23.4 Å². The lowest BCUT2D eigenvalue weighted by atomic mass is 9.73. The molecule has 25 heavy (non-hydrogen) atoms. The Bertz CT molecular complexity index is 634. The first-order valence-corrected chi connectivity index (χ1v) is 9.30. The first-order valence-electron chi connectivity index (χ1n) is 8.92. The van der Waals surface area contributed by atoms with Crippen molar-refractivity contribution in [3.63, 3.8) is 0 Å². The summed E-state index contributed by atoms with van der Waals surface area (Å²) in [5.74, 6) is 0.247. The Balaban J connectivity index is 1.64. The molecule has 0 aliphatic carbocycles. The van der Waals surface area contributed by atoms with Gasteiger partial charge in [0.05, 0.1) is 13.0 Å². The molecule has 2 saturated heterocycles. The van der Waals surface area contributed by atoms with E-state index in [0.717, 1.165) is 31.4 Å². The number of aliphatic hydroxyl groups is 1. The number of hydrogen-bond donors (Lipinski definition) is 1. The first-order chi connectivity index (χ1) is 12.0. The largest absolute Gasteiger partial charge is 0.395 e. The zero-order valence-electron chi connectivity index (χ0n) is 14.4. The summed E-state index contributed by atoms with van der Waals surface area (Å²) < 4.78 is 0. The summed E-state index contributed by atoms with van der Waals surface area (Å²) >= 11 is 5.90. The van der Waals surface area contributed by atoms with Crippen LogP contribution in [0.25, 0.3) is 0 Å². The number of rotatable bonds is 4. The number of halogens is 1. The summed E-state index contributed by atoms with van der Waals surface area (Å²) in [5, 5.41) is 9.85. The van der Waals surface area contributed by atoms with Crippen molar-refractivity contribution in [2.45, 2.75) is 32.1 Å². The fourth-order valence-corrected chi connectivity index (χ4v) is 4.20. The van der Waals surface area contributed by atoms with Crippen LogP contribution in [-0.4, -0.2) is 59.5 Å². The van der Waals surface area contributed by atoms with E-state index in [1.54, 1.807) is 17.0 Å². The van der Waals surface area contributed by atoms with Gasteiger partial charge in [0.2, 0.25) is 11.8 Å². The summed E-state index contributed by atoms with van der Waals surface area (Å²) in [7, 11) is 0. The molecular weight excluding hydrogens is 340 g/mol. The third kappa shape index (κ3) is 4.33. The van der Waals surface area contributed by atoms with Crippen molar-refractivity contribution in [3.05, 3.63) is 34.9 Å². The molecular formula is C19H25ClN2O3.